The van der Waals surface area contributed by atoms with Gasteiger partial charge in [0.25, 0.3) is 0 Å². The summed E-state index contributed by atoms with van der Waals surface area (Å²) in [6, 6.07) is 2.56. The van der Waals surface area contributed by atoms with Crippen LogP contribution in [0, 0.1) is 5.41 Å². The van der Waals surface area contributed by atoms with Crippen molar-refractivity contribution in [1.29, 1.82) is 0 Å². The van der Waals surface area contributed by atoms with Crippen LogP contribution in [0.1, 0.15) is 20.3 Å². The van der Waals surface area contributed by atoms with Crippen LogP contribution in [0.3, 0.4) is 0 Å². The first-order chi connectivity index (χ1) is 9.54. The van der Waals surface area contributed by atoms with Crippen molar-refractivity contribution in [2.24, 2.45) is 5.41 Å². The molecule has 1 aromatic rings. The second-order valence-electron chi connectivity index (χ2n) is 6.07. The number of rotatable bonds is 6. The Morgan fingerprint density at radius 3 is 3.00 bits per heavy atom. The molecule has 0 amide bonds. The van der Waals surface area contributed by atoms with Crippen LogP contribution in [0.2, 0.25) is 5.21 Å². The van der Waals surface area contributed by atoms with Gasteiger partial charge in [-0.1, -0.05) is 0 Å². The molecule has 2 rings (SSSR count). The average Bonchev–Trinajstić information content (AvgIpc) is 2.95. The Kier molecular flexibility index (Phi) is 5.41. The summed E-state index contributed by atoms with van der Waals surface area (Å²) >= 11 is -0.0861. The topological polar surface area (TPSA) is 61.3 Å². The predicted molar refractivity (Wildman–Crippen MR) is 82.8 cm³/mol. The van der Waals surface area contributed by atoms with Crippen molar-refractivity contribution in [3.05, 3.63) is 12.3 Å². The van der Waals surface area contributed by atoms with Crippen molar-refractivity contribution in [3.8, 4) is 0 Å². The molecule has 0 bridgehead atoms. The molecule has 0 aliphatic carbocycles. The first-order valence-electron chi connectivity index (χ1n) is 7.08. The molecule has 1 aliphatic rings. The molecule has 1 unspecified atom stereocenters. The van der Waals surface area contributed by atoms with E-state index < -0.39 is 0 Å². The van der Waals surface area contributed by atoms with Gasteiger partial charge in [0.05, 0.1) is 0 Å². The maximum absolute atomic E-state index is 9.31. The van der Waals surface area contributed by atoms with Crippen LogP contribution >= 0.6 is 0 Å². The van der Waals surface area contributed by atoms with Crippen molar-refractivity contribution in [3.63, 3.8) is 0 Å². The molecule has 20 heavy (non-hydrogen) atoms. The van der Waals surface area contributed by atoms with Crippen molar-refractivity contribution in [1.82, 2.24) is 15.3 Å². The maximum atomic E-state index is 9.31. The summed E-state index contributed by atoms with van der Waals surface area (Å²) in [6.45, 7) is 6.47. The van der Waals surface area contributed by atoms with Gasteiger partial charge in [-0.2, -0.15) is 0 Å². The van der Waals surface area contributed by atoms with E-state index in [1.807, 2.05) is 19.3 Å². The summed E-state index contributed by atoms with van der Waals surface area (Å²) in [4.78, 5) is 11.4. The molecule has 0 aromatic carbocycles. The third kappa shape index (κ3) is 4.17. The number of hydrogen-bond donors (Lipinski definition) is 2. The van der Waals surface area contributed by atoms with Gasteiger partial charge in [-0.15, -0.1) is 0 Å². The summed E-state index contributed by atoms with van der Waals surface area (Å²) in [5.41, 5.74) is -0.0236. The zero-order chi connectivity index (χ0) is 14.6. The summed E-state index contributed by atoms with van der Waals surface area (Å²) in [5.74, 6) is 1.05. The molecule has 1 saturated heterocycles. The van der Waals surface area contributed by atoms with E-state index in [9.17, 15) is 5.11 Å². The van der Waals surface area contributed by atoms with E-state index in [-0.39, 0.29) is 27.8 Å². The van der Waals surface area contributed by atoms with Gasteiger partial charge in [-0.3, -0.25) is 0 Å². The molecular weight excluding hydrogens is 315 g/mol. The minimum absolute atomic E-state index is 0.0236. The number of hydrogen-bond acceptors (Lipinski definition) is 5. The molecule has 2 N–H and O–H groups in total. The molecule has 1 aliphatic heterocycles. The van der Waals surface area contributed by atoms with Crippen LogP contribution in [0.15, 0.2) is 12.3 Å². The third-order valence-electron chi connectivity index (χ3n) is 3.63. The van der Waals surface area contributed by atoms with E-state index >= 15 is 0 Å². The fraction of sp³-hybridized carbons (Fsp3) is 0.714. The molecule has 1 atom stereocenters. The van der Waals surface area contributed by atoms with E-state index in [2.05, 4.69) is 29.0 Å². The summed E-state index contributed by atoms with van der Waals surface area (Å²) in [5, 5.41) is 13.6. The summed E-state index contributed by atoms with van der Waals surface area (Å²) in [7, 11) is 2.02. The Labute approximate surface area is 127 Å². The van der Waals surface area contributed by atoms with E-state index in [4.69, 9.17) is 4.98 Å². The zero-order valence-corrected chi connectivity index (χ0v) is 14.4. The number of aliphatic hydroxyl groups excluding tert-OH is 1. The Bertz CT molecular complexity index is 441. The van der Waals surface area contributed by atoms with E-state index in [1.165, 1.54) is 6.42 Å². The number of anilines is 1. The first-order valence-corrected chi connectivity index (χ1v) is 9.34. The Morgan fingerprint density at radius 1 is 1.55 bits per heavy atom. The average molecular weight is 339 g/mol. The molecule has 0 spiro atoms. The van der Waals surface area contributed by atoms with Crippen molar-refractivity contribution in [2.75, 3.05) is 31.6 Å². The van der Waals surface area contributed by atoms with Crippen LogP contribution < -0.4 is 14.8 Å². The van der Waals surface area contributed by atoms with Crippen molar-refractivity contribution >= 4 is 26.2 Å². The third-order valence-corrected chi connectivity index (χ3v) is 6.80. The first kappa shape index (κ1) is 15.7. The predicted octanol–water partition coefficient (Wildman–Crippen LogP) is 0.0410. The standard InChI is InChI=1S/C14H24AsN4O/c1-14(2,10-20)9-15-13-17-6-4-12(18-13)19-7-5-11(8-19)16-3/h4,6,11,16,20H,5,7-10H2,1-3H3. The summed E-state index contributed by atoms with van der Waals surface area (Å²) < 4.78 is 0.966. The van der Waals surface area contributed by atoms with E-state index in [0.29, 0.717) is 6.04 Å². The fourth-order valence-electron chi connectivity index (χ4n) is 2.13. The Hall–Kier alpha value is -0.642. The minimum atomic E-state index is -0.0861. The number of nitrogens with one attached hydrogen (secondary N) is 1. The monoisotopic (exact) mass is 339 g/mol. The SMILES string of the molecule is CNC1CCN(c2ccnc([As]CC(C)(C)CO)n2)C1. The zero-order valence-electron chi connectivity index (χ0n) is 12.5. The van der Waals surface area contributed by atoms with Gasteiger partial charge in [0, 0.05) is 0 Å². The van der Waals surface area contributed by atoms with Crippen molar-refractivity contribution < 1.29 is 5.11 Å². The molecule has 1 radical (unpaired) electrons. The Balaban J connectivity index is 1.98. The van der Waals surface area contributed by atoms with E-state index in [0.717, 1.165) is 28.7 Å². The second-order valence-corrected chi connectivity index (χ2v) is 8.24. The molecule has 5 nitrogen and oxygen atoms in total. The normalized spacial score (nSPS) is 20.2. The molecular formula is C14H24AsN4O. The van der Waals surface area contributed by atoms with Crippen molar-refractivity contribution in [2.45, 2.75) is 31.5 Å². The van der Waals surface area contributed by atoms with Crippen LogP contribution in [0.25, 0.3) is 0 Å². The number of nitrogens with zero attached hydrogens (tertiary/aromatic N) is 3. The number of likely N-dealkylation sites (N-methyl/N-ethyl adjacent to an activating group) is 1. The van der Waals surface area contributed by atoms with Crippen LogP contribution in [0.4, 0.5) is 5.82 Å². The van der Waals surface area contributed by atoms with Gasteiger partial charge in [0.2, 0.25) is 0 Å². The van der Waals surface area contributed by atoms with Crippen LogP contribution in [-0.2, 0) is 0 Å². The molecule has 0 saturated carbocycles. The van der Waals surface area contributed by atoms with Gasteiger partial charge in [0.1, 0.15) is 0 Å². The van der Waals surface area contributed by atoms with Gasteiger partial charge >= 0.3 is 127 Å². The second kappa shape index (κ2) is 6.88. The van der Waals surface area contributed by atoms with Gasteiger partial charge < -0.3 is 0 Å². The molecule has 6 heteroatoms. The van der Waals surface area contributed by atoms with Gasteiger partial charge in [-0.05, 0) is 0 Å². The number of aromatic nitrogens is 2. The van der Waals surface area contributed by atoms with E-state index in [1.54, 1.807) is 0 Å². The molecule has 1 aromatic heterocycles. The van der Waals surface area contributed by atoms with Gasteiger partial charge in [-0.25, -0.2) is 0 Å². The van der Waals surface area contributed by atoms with Crippen LogP contribution in [0.5, 0.6) is 0 Å². The molecule has 111 valence electrons. The fourth-order valence-corrected chi connectivity index (χ4v) is 4.21. The van der Waals surface area contributed by atoms with Crippen LogP contribution in [-0.4, -0.2) is 63.6 Å². The molecule has 1 fully saturated rings. The van der Waals surface area contributed by atoms with Gasteiger partial charge in [0.15, 0.2) is 0 Å². The Morgan fingerprint density at radius 2 is 2.35 bits per heavy atom. The quantitative estimate of drug-likeness (QED) is 0.717. The number of aliphatic hydroxyl groups is 1. The summed E-state index contributed by atoms with van der Waals surface area (Å²) in [6.07, 6.45) is 3.03. The molecule has 2 heterocycles.